The van der Waals surface area contributed by atoms with Crippen LogP contribution < -0.4 is 14.2 Å². The SMILES string of the molecule is COc1cc([S-])c2ncccc2c1.COc1cc([S-])c2ncccc2c1.COc1cc([S-])c2ncccc2c1.[Ru+3]. The molecule has 10 heteroatoms. The maximum Gasteiger partial charge on any atom is 3.00 e. The Kier molecular flexibility index (Phi) is 11.5. The number of hydrogen-bond donors (Lipinski definition) is 0. The third-order valence-electron chi connectivity index (χ3n) is 5.64. The van der Waals surface area contributed by atoms with Crippen LogP contribution >= 0.6 is 0 Å². The quantitative estimate of drug-likeness (QED) is 0.156. The van der Waals surface area contributed by atoms with Crippen molar-refractivity contribution in [3.8, 4) is 17.2 Å². The number of rotatable bonds is 3. The smallest absolute Gasteiger partial charge is 0.778 e. The molecule has 0 unspecified atom stereocenters. The fourth-order valence-electron chi connectivity index (χ4n) is 3.75. The van der Waals surface area contributed by atoms with Crippen molar-refractivity contribution in [2.75, 3.05) is 21.3 Å². The average Bonchev–Trinajstić information content (AvgIpc) is 2.97. The minimum atomic E-state index is 0. The van der Waals surface area contributed by atoms with Crippen LogP contribution in [-0.4, -0.2) is 36.3 Å². The fraction of sp³-hybridized carbons (Fsp3) is 0.100. The largest absolute Gasteiger partial charge is 3.00 e. The molecule has 0 aliphatic carbocycles. The van der Waals surface area contributed by atoms with Crippen LogP contribution in [0.2, 0.25) is 0 Å². The zero-order chi connectivity index (χ0) is 27.8. The summed E-state index contributed by atoms with van der Waals surface area (Å²) in [4.78, 5) is 14.8. The summed E-state index contributed by atoms with van der Waals surface area (Å²) in [6.45, 7) is 0. The maximum atomic E-state index is 5.16. The van der Waals surface area contributed by atoms with Crippen LogP contribution in [0.15, 0.2) is 106 Å². The van der Waals surface area contributed by atoms with E-state index in [9.17, 15) is 0 Å². The molecule has 0 spiro atoms. The standard InChI is InChI=1S/3C10H9NOS.Ru/c3*1-12-8-5-7-3-2-4-11-10(7)9(13)6-8;/h3*2-6,13H,1H3;/q;;;+3/p-3. The van der Waals surface area contributed by atoms with Crippen molar-refractivity contribution >= 4 is 70.6 Å². The second-order valence-electron chi connectivity index (χ2n) is 8.10. The minimum Gasteiger partial charge on any atom is -0.778 e. The monoisotopic (exact) mass is 672 g/mol. The van der Waals surface area contributed by atoms with Crippen molar-refractivity contribution in [2.45, 2.75) is 14.7 Å². The number of pyridine rings is 3. The zero-order valence-electron chi connectivity index (χ0n) is 21.8. The van der Waals surface area contributed by atoms with Gasteiger partial charge in [-0.25, -0.2) is 0 Å². The van der Waals surface area contributed by atoms with Crippen molar-refractivity contribution in [2.24, 2.45) is 0 Å². The number of ether oxygens (including phenoxy) is 3. The predicted molar refractivity (Wildman–Crippen MR) is 162 cm³/mol. The molecule has 203 valence electrons. The molecule has 40 heavy (non-hydrogen) atoms. The first kappa shape index (κ1) is 31.1. The van der Waals surface area contributed by atoms with E-state index in [0.29, 0.717) is 0 Å². The molecule has 0 saturated heterocycles. The van der Waals surface area contributed by atoms with Gasteiger partial charge < -0.3 is 52.1 Å². The van der Waals surface area contributed by atoms with E-state index in [1.165, 1.54) is 0 Å². The second-order valence-corrected chi connectivity index (χ2v) is 9.42. The molecule has 0 aliphatic heterocycles. The van der Waals surface area contributed by atoms with Gasteiger partial charge >= 0.3 is 19.5 Å². The Bertz CT molecular complexity index is 1540. The molecule has 0 fully saturated rings. The van der Waals surface area contributed by atoms with Crippen LogP contribution in [0.1, 0.15) is 0 Å². The average molecular weight is 672 g/mol. The van der Waals surface area contributed by atoms with Gasteiger partial charge in [-0.2, -0.15) is 0 Å². The zero-order valence-corrected chi connectivity index (χ0v) is 26.0. The summed E-state index contributed by atoms with van der Waals surface area (Å²) in [5.41, 5.74) is 2.58. The molecule has 0 bridgehead atoms. The molecule has 3 aromatic heterocycles. The first-order valence-corrected chi connectivity index (χ1v) is 12.9. The molecule has 3 aromatic carbocycles. The summed E-state index contributed by atoms with van der Waals surface area (Å²) in [5, 5.41) is 3.06. The summed E-state index contributed by atoms with van der Waals surface area (Å²) < 4.78 is 15.3. The van der Waals surface area contributed by atoms with Crippen LogP contribution in [0.3, 0.4) is 0 Å². The Morgan fingerprint density at radius 3 is 1.00 bits per heavy atom. The van der Waals surface area contributed by atoms with Crippen LogP contribution in [0.25, 0.3) is 32.7 Å². The van der Waals surface area contributed by atoms with E-state index < -0.39 is 0 Å². The third-order valence-corrected chi connectivity index (χ3v) is 6.57. The maximum absolute atomic E-state index is 5.16. The van der Waals surface area contributed by atoms with Crippen LogP contribution in [0.5, 0.6) is 17.2 Å². The number of aromatic nitrogens is 3. The first-order chi connectivity index (χ1) is 18.9. The summed E-state index contributed by atoms with van der Waals surface area (Å²) in [6.07, 6.45) is 5.22. The molecule has 6 nitrogen and oxygen atoms in total. The fourth-order valence-corrected chi connectivity index (χ4v) is 4.61. The van der Waals surface area contributed by atoms with Crippen molar-refractivity contribution in [3.63, 3.8) is 0 Å². The van der Waals surface area contributed by atoms with Crippen LogP contribution in [0, 0.1) is 0 Å². The Morgan fingerprint density at radius 2 is 0.750 bits per heavy atom. The Balaban J connectivity index is 0.000000163. The second kappa shape index (κ2) is 14.8. The summed E-state index contributed by atoms with van der Waals surface area (Å²) >= 11 is 15.5. The van der Waals surface area contributed by atoms with Gasteiger partial charge in [0.2, 0.25) is 0 Å². The van der Waals surface area contributed by atoms with E-state index in [0.717, 1.165) is 64.6 Å². The van der Waals surface area contributed by atoms with Gasteiger partial charge in [-0.1, -0.05) is 18.2 Å². The van der Waals surface area contributed by atoms with Gasteiger partial charge in [0.05, 0.1) is 37.9 Å². The van der Waals surface area contributed by atoms with Crippen molar-refractivity contribution < 1.29 is 33.7 Å². The molecule has 6 rings (SSSR count). The molecule has 0 amide bonds. The molecule has 0 atom stereocenters. The number of methoxy groups -OCH3 is 3. The number of nitrogens with zero attached hydrogens (tertiary/aromatic N) is 3. The van der Waals surface area contributed by atoms with Crippen molar-refractivity contribution in [1.29, 1.82) is 0 Å². The summed E-state index contributed by atoms with van der Waals surface area (Å²) in [5.74, 6) is 2.35. The summed E-state index contributed by atoms with van der Waals surface area (Å²) in [6, 6.07) is 22.8. The first-order valence-electron chi connectivity index (χ1n) is 11.7. The van der Waals surface area contributed by atoms with E-state index in [4.69, 9.17) is 52.1 Å². The van der Waals surface area contributed by atoms with Gasteiger partial charge in [0.15, 0.2) is 0 Å². The van der Waals surface area contributed by atoms with Gasteiger partial charge in [0.25, 0.3) is 0 Å². The predicted octanol–water partition coefficient (Wildman–Crippen LogP) is 6.45. The topological polar surface area (TPSA) is 66.4 Å². The molecule has 0 aliphatic rings. The van der Waals surface area contributed by atoms with E-state index in [2.05, 4.69) is 15.0 Å². The summed E-state index contributed by atoms with van der Waals surface area (Å²) in [7, 11) is 4.89. The van der Waals surface area contributed by atoms with Gasteiger partial charge in [0.1, 0.15) is 17.2 Å². The van der Waals surface area contributed by atoms with Gasteiger partial charge in [0, 0.05) is 34.7 Å². The van der Waals surface area contributed by atoms with Crippen LogP contribution in [0.4, 0.5) is 0 Å². The molecule has 3 heterocycles. The third kappa shape index (κ3) is 7.61. The number of fused-ring (bicyclic) bond motifs is 3. The van der Waals surface area contributed by atoms with E-state index in [1.807, 2.05) is 72.8 Å². The van der Waals surface area contributed by atoms with Gasteiger partial charge in [-0.3, -0.25) is 15.0 Å². The van der Waals surface area contributed by atoms with Crippen molar-refractivity contribution in [3.05, 3.63) is 91.4 Å². The van der Waals surface area contributed by atoms with Gasteiger partial charge in [-0.15, -0.1) is 14.7 Å². The van der Waals surface area contributed by atoms with Gasteiger partial charge in [-0.05, 0) is 54.6 Å². The molecule has 1 radical (unpaired) electrons. The molecular formula is C30H24N3O3RuS3. The Labute approximate surface area is 262 Å². The van der Waals surface area contributed by atoms with E-state index >= 15 is 0 Å². The number of hydrogen-bond acceptors (Lipinski definition) is 9. The number of benzene rings is 3. The Hall–Kier alpha value is -3.43. The molecule has 6 aromatic rings. The van der Waals surface area contributed by atoms with Crippen molar-refractivity contribution in [1.82, 2.24) is 15.0 Å². The van der Waals surface area contributed by atoms with E-state index in [-0.39, 0.29) is 19.5 Å². The van der Waals surface area contributed by atoms with E-state index in [1.54, 1.807) is 39.9 Å². The normalized spacial score (nSPS) is 9.97. The Morgan fingerprint density at radius 1 is 0.475 bits per heavy atom. The molecule has 0 N–H and O–H groups in total. The molecule has 0 saturated carbocycles. The van der Waals surface area contributed by atoms with Crippen LogP contribution in [-0.2, 0) is 57.4 Å². The molecular weight excluding hydrogens is 648 g/mol. The minimum absolute atomic E-state index is 0.